The third-order valence-electron chi connectivity index (χ3n) is 3.08. The maximum atomic E-state index is 5.64. The van der Waals surface area contributed by atoms with E-state index >= 15 is 0 Å². The molecule has 0 heterocycles. The zero-order chi connectivity index (χ0) is 19.5. The van der Waals surface area contributed by atoms with Crippen molar-refractivity contribution in [1.82, 2.24) is 0 Å². The Morgan fingerprint density at radius 3 is 1.28 bits per heavy atom. The topological polar surface area (TPSA) is 36.9 Å². The standard InChI is InChI=1S/2C10H17O2Si.2ClH.Zr/c2*1-13(2,3)12-9-8-11-10-6-4-5-7-10;;;/h2*4,6H,5,8-9H2,1-3H3;2*1H;/q2*-1;;;+4/p-2. The predicted molar refractivity (Wildman–Crippen MR) is 112 cm³/mol. The summed E-state index contributed by atoms with van der Waals surface area (Å²) in [7, 11) is -2.72. The van der Waals surface area contributed by atoms with Crippen LogP contribution in [0, 0.1) is 12.2 Å². The summed E-state index contributed by atoms with van der Waals surface area (Å²) in [6, 6.07) is 0. The largest absolute Gasteiger partial charge is 4.00 e. The Balaban J connectivity index is -0.000000422. The number of hydrogen-bond donors (Lipinski definition) is 0. The molecule has 0 saturated heterocycles. The van der Waals surface area contributed by atoms with Gasteiger partial charge in [-0.15, -0.1) is 12.8 Å². The minimum atomic E-state index is -1.36. The van der Waals surface area contributed by atoms with Crippen LogP contribution in [-0.2, 0) is 44.5 Å². The molecule has 0 N–H and O–H groups in total. The fourth-order valence-corrected chi connectivity index (χ4v) is 3.36. The van der Waals surface area contributed by atoms with Crippen LogP contribution in [0.4, 0.5) is 0 Å². The van der Waals surface area contributed by atoms with Crippen LogP contribution in [0.15, 0.2) is 35.8 Å². The molecule has 0 radical (unpaired) electrons. The number of allylic oxidation sites excluding steroid dienone is 6. The minimum Gasteiger partial charge on any atom is -1.00 e. The summed E-state index contributed by atoms with van der Waals surface area (Å²) in [5, 5.41) is 0. The van der Waals surface area contributed by atoms with E-state index in [1.54, 1.807) is 0 Å². The molecule has 0 aromatic rings. The van der Waals surface area contributed by atoms with Crippen LogP contribution < -0.4 is 24.8 Å². The van der Waals surface area contributed by atoms with E-state index in [1.165, 1.54) is 0 Å². The first-order valence-electron chi connectivity index (χ1n) is 9.24. The molecule has 0 aromatic heterocycles. The molecule has 0 atom stereocenters. The number of halogens is 2. The third kappa shape index (κ3) is 21.4. The summed E-state index contributed by atoms with van der Waals surface area (Å²) < 4.78 is 22.1. The Bertz CT molecular complexity index is 492. The first-order chi connectivity index (χ1) is 12.2. The second-order valence-corrected chi connectivity index (χ2v) is 16.9. The van der Waals surface area contributed by atoms with Gasteiger partial charge in [-0.25, -0.2) is 12.2 Å². The first-order valence-corrected chi connectivity index (χ1v) is 16.1. The van der Waals surface area contributed by atoms with E-state index in [9.17, 15) is 0 Å². The van der Waals surface area contributed by atoms with Gasteiger partial charge in [-0.3, -0.25) is 0 Å². The molecule has 2 aliphatic carbocycles. The van der Waals surface area contributed by atoms with Crippen molar-refractivity contribution in [2.24, 2.45) is 0 Å². The number of ether oxygens (including phenoxy) is 2. The Morgan fingerprint density at radius 2 is 1.03 bits per heavy atom. The van der Waals surface area contributed by atoms with Crippen molar-refractivity contribution < 1.29 is 69.3 Å². The molecular formula is C20H34Cl2O4Si2Zr. The van der Waals surface area contributed by atoms with Gasteiger partial charge in [0.05, 0.1) is 13.2 Å². The van der Waals surface area contributed by atoms with Crippen LogP contribution in [0.2, 0.25) is 39.3 Å². The SMILES string of the molecule is C[Si](C)(C)OCCOC1=[C-]CC=C1.C[Si](C)(C)OCCOC1=[C-]CC=C1.[Cl-].[Cl-].[Zr+4]. The van der Waals surface area contributed by atoms with Crippen molar-refractivity contribution in [2.75, 3.05) is 26.4 Å². The van der Waals surface area contributed by atoms with Gasteiger partial charge in [-0.2, -0.15) is 24.3 Å². The van der Waals surface area contributed by atoms with Crippen LogP contribution in [0.1, 0.15) is 12.8 Å². The summed E-state index contributed by atoms with van der Waals surface area (Å²) in [4.78, 5) is 0. The number of rotatable bonds is 10. The molecule has 4 nitrogen and oxygen atoms in total. The molecular weight excluding hydrogens is 523 g/mol. The van der Waals surface area contributed by atoms with E-state index in [0.29, 0.717) is 26.4 Å². The van der Waals surface area contributed by atoms with Gasteiger partial charge in [-0.05, 0) is 39.3 Å². The molecule has 0 aromatic carbocycles. The molecule has 29 heavy (non-hydrogen) atoms. The van der Waals surface area contributed by atoms with Crippen LogP contribution in [0.3, 0.4) is 0 Å². The van der Waals surface area contributed by atoms with E-state index in [-0.39, 0.29) is 51.0 Å². The maximum Gasteiger partial charge on any atom is 4.00 e. The second-order valence-electron chi connectivity index (χ2n) is 7.91. The average Bonchev–Trinajstić information content (AvgIpc) is 3.20. The van der Waals surface area contributed by atoms with Gasteiger partial charge in [0.25, 0.3) is 0 Å². The smallest absolute Gasteiger partial charge is 1.00 e. The zero-order valence-corrected chi connectivity index (χ0v) is 24.4. The summed E-state index contributed by atoms with van der Waals surface area (Å²) in [6.07, 6.45) is 15.9. The summed E-state index contributed by atoms with van der Waals surface area (Å²) in [6.45, 7) is 15.7. The fourth-order valence-electron chi connectivity index (χ4n) is 1.97. The molecule has 0 aliphatic heterocycles. The van der Waals surface area contributed by atoms with Crippen LogP contribution in [0.5, 0.6) is 0 Å². The average molecular weight is 557 g/mol. The summed E-state index contributed by atoms with van der Waals surface area (Å²) in [5.41, 5.74) is 0. The van der Waals surface area contributed by atoms with Crippen LogP contribution >= 0.6 is 0 Å². The van der Waals surface area contributed by atoms with Gasteiger partial charge >= 0.3 is 26.2 Å². The van der Waals surface area contributed by atoms with E-state index in [4.69, 9.17) is 18.3 Å². The van der Waals surface area contributed by atoms with Crippen molar-refractivity contribution >= 4 is 16.6 Å². The van der Waals surface area contributed by atoms with E-state index in [2.05, 4.69) is 51.4 Å². The quantitative estimate of drug-likeness (QED) is 0.197. The Morgan fingerprint density at radius 1 is 0.690 bits per heavy atom. The van der Waals surface area contributed by atoms with Gasteiger partial charge in [0.2, 0.25) is 0 Å². The Hall–Kier alpha value is 0.377. The third-order valence-corrected chi connectivity index (χ3v) is 5.22. The van der Waals surface area contributed by atoms with Gasteiger partial charge < -0.3 is 43.1 Å². The molecule has 2 aliphatic rings. The van der Waals surface area contributed by atoms with Gasteiger partial charge in [0.15, 0.2) is 16.6 Å². The molecule has 0 amide bonds. The second kappa shape index (κ2) is 18.0. The summed E-state index contributed by atoms with van der Waals surface area (Å²) >= 11 is 0. The zero-order valence-electron chi connectivity index (χ0n) is 18.4. The first kappa shape index (κ1) is 34.0. The normalized spacial score (nSPS) is 14.4. The maximum absolute atomic E-state index is 5.64. The minimum absolute atomic E-state index is 0. The van der Waals surface area contributed by atoms with Crippen molar-refractivity contribution in [1.29, 1.82) is 0 Å². The van der Waals surface area contributed by atoms with Gasteiger partial charge in [0.1, 0.15) is 13.2 Å². The summed E-state index contributed by atoms with van der Waals surface area (Å²) in [5.74, 6) is 1.72. The molecule has 0 spiro atoms. The molecule has 164 valence electrons. The van der Waals surface area contributed by atoms with Crippen LogP contribution in [-0.4, -0.2) is 43.1 Å². The van der Waals surface area contributed by atoms with Crippen molar-refractivity contribution in [3.63, 3.8) is 0 Å². The monoisotopic (exact) mass is 554 g/mol. The molecule has 9 heteroatoms. The fraction of sp³-hybridized carbons (Fsp3) is 0.600. The molecule has 0 bridgehead atoms. The van der Waals surface area contributed by atoms with Crippen molar-refractivity contribution in [3.05, 3.63) is 48.0 Å². The van der Waals surface area contributed by atoms with Gasteiger partial charge in [0, 0.05) is 0 Å². The predicted octanol–water partition coefficient (Wildman–Crippen LogP) is -0.992. The van der Waals surface area contributed by atoms with Crippen molar-refractivity contribution in [3.8, 4) is 0 Å². The van der Waals surface area contributed by atoms with E-state index < -0.39 is 16.6 Å². The van der Waals surface area contributed by atoms with E-state index in [1.807, 2.05) is 24.3 Å². The number of hydrogen-bond acceptors (Lipinski definition) is 4. The Kier molecular flexibility index (Phi) is 21.1. The van der Waals surface area contributed by atoms with Crippen LogP contribution in [0.25, 0.3) is 0 Å². The molecule has 0 fully saturated rings. The molecule has 0 saturated carbocycles. The van der Waals surface area contributed by atoms with Crippen molar-refractivity contribution in [2.45, 2.75) is 52.1 Å². The molecule has 2 rings (SSSR count). The van der Waals surface area contributed by atoms with Gasteiger partial charge in [-0.1, -0.05) is 11.5 Å². The Labute approximate surface area is 211 Å². The van der Waals surface area contributed by atoms with E-state index in [0.717, 1.165) is 24.4 Å². The molecule has 0 unspecified atom stereocenters.